The van der Waals surface area contributed by atoms with Crippen molar-refractivity contribution in [2.75, 3.05) is 13.7 Å². The molecule has 8 heteroatoms. The molecule has 1 aromatic carbocycles. The van der Waals surface area contributed by atoms with E-state index in [1.807, 2.05) is 13.8 Å². The molecule has 2 aliphatic rings. The summed E-state index contributed by atoms with van der Waals surface area (Å²) >= 11 is 5.21. The molecule has 158 valence electrons. The Kier molecular flexibility index (Phi) is 4.99. The molecule has 1 saturated carbocycles. The van der Waals surface area contributed by atoms with Gasteiger partial charge in [-0.15, -0.1) is 0 Å². The van der Waals surface area contributed by atoms with Gasteiger partial charge in [-0.1, -0.05) is 11.2 Å². The van der Waals surface area contributed by atoms with E-state index in [0.717, 1.165) is 65.1 Å². The van der Waals surface area contributed by atoms with Crippen LogP contribution in [0, 0.1) is 13.8 Å². The third-order valence-corrected chi connectivity index (χ3v) is 6.60. The molecule has 1 aliphatic carbocycles. The van der Waals surface area contributed by atoms with E-state index in [0.29, 0.717) is 23.9 Å². The third-order valence-electron chi connectivity index (χ3n) is 6.37. The van der Waals surface area contributed by atoms with Crippen LogP contribution in [-0.2, 0) is 9.47 Å². The van der Waals surface area contributed by atoms with Crippen LogP contribution in [0.3, 0.4) is 0 Å². The Labute approximate surface area is 180 Å². The molecule has 2 aromatic heterocycles. The lowest BCUT2D eigenvalue weighted by atomic mass is 9.92. The zero-order valence-electron chi connectivity index (χ0n) is 17.5. The van der Waals surface area contributed by atoms with E-state index in [9.17, 15) is 0 Å². The van der Waals surface area contributed by atoms with Gasteiger partial charge >= 0.3 is 0 Å². The van der Waals surface area contributed by atoms with Crippen LogP contribution >= 0.6 is 12.2 Å². The van der Waals surface area contributed by atoms with Gasteiger partial charge in [0.2, 0.25) is 0 Å². The standard InChI is InChI=1S/C22H26N4O3S/c1-12-20(13(2)29-25-12)14-4-9-19-17(10-14)23-21(18-11-28-22(30)24-18)26(19)15-5-7-16(27-3)8-6-15/h4,9-10,15-16,18H,5-8,11H2,1-3H3,(H,24,30)/t15?,16?,18-/m0/s1. The second-order valence-electron chi connectivity index (χ2n) is 8.20. The first kappa shape index (κ1) is 19.5. The topological polar surface area (TPSA) is 74.3 Å². The summed E-state index contributed by atoms with van der Waals surface area (Å²) in [7, 11) is 1.81. The van der Waals surface area contributed by atoms with E-state index in [-0.39, 0.29) is 6.04 Å². The summed E-state index contributed by atoms with van der Waals surface area (Å²) in [5, 5.41) is 7.81. The van der Waals surface area contributed by atoms with E-state index < -0.39 is 0 Å². The van der Waals surface area contributed by atoms with Crippen LogP contribution in [0.1, 0.15) is 55.0 Å². The number of thiocarbonyl (C=S) groups is 1. The lowest BCUT2D eigenvalue weighted by Gasteiger charge is -2.30. The fourth-order valence-electron chi connectivity index (χ4n) is 4.86. The molecule has 1 aliphatic heterocycles. The first-order valence-electron chi connectivity index (χ1n) is 10.5. The number of fused-ring (bicyclic) bond motifs is 1. The summed E-state index contributed by atoms with van der Waals surface area (Å²) in [6.07, 6.45) is 4.61. The van der Waals surface area contributed by atoms with Crippen molar-refractivity contribution in [1.29, 1.82) is 0 Å². The van der Waals surface area contributed by atoms with Crippen LogP contribution in [0.2, 0.25) is 0 Å². The van der Waals surface area contributed by atoms with Gasteiger partial charge in [0.05, 0.1) is 22.8 Å². The minimum absolute atomic E-state index is 0.0347. The molecule has 30 heavy (non-hydrogen) atoms. The smallest absolute Gasteiger partial charge is 0.257 e. The molecule has 1 saturated heterocycles. The monoisotopic (exact) mass is 426 g/mol. The first-order valence-corrected chi connectivity index (χ1v) is 10.9. The van der Waals surface area contributed by atoms with Crippen LogP contribution in [0.15, 0.2) is 22.7 Å². The Morgan fingerprint density at radius 3 is 2.63 bits per heavy atom. The fraction of sp³-hybridized carbons (Fsp3) is 0.500. The Hall–Kier alpha value is -2.45. The van der Waals surface area contributed by atoms with Gasteiger partial charge < -0.3 is 23.9 Å². The lowest BCUT2D eigenvalue weighted by molar-refractivity contribution is 0.0584. The molecule has 0 unspecified atom stereocenters. The highest BCUT2D eigenvalue weighted by Gasteiger charge is 2.32. The average Bonchev–Trinajstić information content (AvgIpc) is 3.44. The zero-order chi connectivity index (χ0) is 20.8. The van der Waals surface area contributed by atoms with E-state index in [2.05, 4.69) is 33.2 Å². The number of hydrogen-bond acceptors (Lipinski definition) is 6. The molecule has 0 bridgehead atoms. The van der Waals surface area contributed by atoms with Crippen molar-refractivity contribution in [3.63, 3.8) is 0 Å². The highest BCUT2D eigenvalue weighted by Crippen LogP contribution is 2.37. The van der Waals surface area contributed by atoms with Crippen molar-refractivity contribution in [3.05, 3.63) is 35.5 Å². The summed E-state index contributed by atoms with van der Waals surface area (Å²) in [5.41, 5.74) is 5.11. The summed E-state index contributed by atoms with van der Waals surface area (Å²) in [6, 6.07) is 6.80. The Bertz CT molecular complexity index is 1080. The number of hydrogen-bond donors (Lipinski definition) is 1. The number of nitrogens with zero attached hydrogens (tertiary/aromatic N) is 3. The third kappa shape index (κ3) is 3.28. The van der Waals surface area contributed by atoms with Gasteiger partial charge in [-0.3, -0.25) is 0 Å². The SMILES string of the molecule is COC1CCC(n2c([C@@H]3COC(=S)N3)nc3cc(-c4c(C)noc4C)ccc32)CC1. The normalized spacial score (nSPS) is 24.2. The van der Waals surface area contributed by atoms with E-state index in [4.69, 9.17) is 31.2 Å². The van der Waals surface area contributed by atoms with Gasteiger partial charge in [0, 0.05) is 18.7 Å². The molecular weight excluding hydrogens is 400 g/mol. The minimum atomic E-state index is -0.0347. The second-order valence-corrected chi connectivity index (χ2v) is 8.58. The number of benzene rings is 1. The van der Waals surface area contributed by atoms with Crippen LogP contribution in [0.5, 0.6) is 0 Å². The van der Waals surface area contributed by atoms with Crippen molar-refractivity contribution in [1.82, 2.24) is 20.0 Å². The number of rotatable bonds is 4. The zero-order valence-corrected chi connectivity index (χ0v) is 18.3. The van der Waals surface area contributed by atoms with Crippen LogP contribution in [0.25, 0.3) is 22.2 Å². The molecule has 1 N–H and O–H groups in total. The van der Waals surface area contributed by atoms with Gasteiger partial charge in [-0.2, -0.15) is 0 Å². The maximum Gasteiger partial charge on any atom is 0.257 e. The number of nitrogens with one attached hydrogen (secondary N) is 1. The average molecular weight is 427 g/mol. The van der Waals surface area contributed by atoms with Gasteiger partial charge in [-0.25, -0.2) is 4.98 Å². The van der Waals surface area contributed by atoms with Gasteiger partial charge in [0.25, 0.3) is 5.17 Å². The van der Waals surface area contributed by atoms with Crippen molar-refractivity contribution < 1.29 is 14.0 Å². The maximum atomic E-state index is 5.58. The number of methoxy groups -OCH3 is 1. The van der Waals surface area contributed by atoms with Gasteiger partial charge in [0.15, 0.2) is 0 Å². The molecule has 7 nitrogen and oxygen atoms in total. The van der Waals surface area contributed by atoms with Crippen molar-refractivity contribution >= 4 is 28.4 Å². The molecule has 2 fully saturated rings. The molecule has 0 amide bonds. The maximum absolute atomic E-state index is 5.58. The number of aromatic nitrogens is 3. The molecule has 3 heterocycles. The van der Waals surface area contributed by atoms with Crippen LogP contribution < -0.4 is 5.32 Å². The fourth-order valence-corrected chi connectivity index (χ4v) is 5.07. The molecule has 0 radical (unpaired) electrons. The van der Waals surface area contributed by atoms with Crippen molar-refractivity contribution in [3.8, 4) is 11.1 Å². The summed E-state index contributed by atoms with van der Waals surface area (Å²) in [6.45, 7) is 4.42. The molecule has 5 rings (SSSR count). The predicted molar refractivity (Wildman–Crippen MR) is 117 cm³/mol. The van der Waals surface area contributed by atoms with Gasteiger partial charge in [-0.05, 0) is 69.4 Å². The molecule has 3 aromatic rings. The first-order chi connectivity index (χ1) is 14.5. The van der Waals surface area contributed by atoms with Crippen molar-refractivity contribution in [2.45, 2.75) is 57.7 Å². The minimum Gasteiger partial charge on any atom is -0.468 e. The molecule has 0 spiro atoms. The number of imidazole rings is 1. The Balaban J connectivity index is 1.60. The van der Waals surface area contributed by atoms with Gasteiger partial charge in [0.1, 0.15) is 24.2 Å². The molecular formula is C22H26N4O3S. The van der Waals surface area contributed by atoms with Crippen LogP contribution in [-0.4, -0.2) is 39.7 Å². The largest absolute Gasteiger partial charge is 0.468 e. The summed E-state index contributed by atoms with van der Waals surface area (Å²) in [5.74, 6) is 1.81. The summed E-state index contributed by atoms with van der Waals surface area (Å²) < 4.78 is 18.9. The highest BCUT2D eigenvalue weighted by atomic mass is 32.1. The lowest BCUT2D eigenvalue weighted by Crippen LogP contribution is -2.27. The number of ether oxygens (including phenoxy) is 2. The predicted octanol–water partition coefficient (Wildman–Crippen LogP) is 4.38. The van der Waals surface area contributed by atoms with E-state index in [1.165, 1.54) is 0 Å². The highest BCUT2D eigenvalue weighted by molar-refractivity contribution is 7.80. The molecule has 1 atom stereocenters. The quantitative estimate of drug-likeness (QED) is 0.621. The number of aryl methyl sites for hydroxylation is 2. The van der Waals surface area contributed by atoms with E-state index >= 15 is 0 Å². The van der Waals surface area contributed by atoms with E-state index in [1.54, 1.807) is 7.11 Å². The van der Waals surface area contributed by atoms with Crippen molar-refractivity contribution in [2.24, 2.45) is 0 Å². The Morgan fingerprint density at radius 2 is 2.00 bits per heavy atom. The van der Waals surface area contributed by atoms with Crippen LogP contribution in [0.4, 0.5) is 0 Å². The second kappa shape index (κ2) is 7.67. The summed E-state index contributed by atoms with van der Waals surface area (Å²) in [4.78, 5) is 5.05. The Morgan fingerprint density at radius 1 is 1.20 bits per heavy atom.